The molecular weight excluding hydrogens is 232 g/mol. The van der Waals surface area contributed by atoms with Crippen LogP contribution in [-0.4, -0.2) is 7.11 Å². The quantitative estimate of drug-likeness (QED) is 0.631. The lowest BCUT2D eigenvalue weighted by Crippen LogP contribution is -1.89. The molecule has 0 bridgehead atoms. The topological polar surface area (TPSA) is 9.23 Å². The number of hydrogen-bond donors (Lipinski definition) is 0. The summed E-state index contributed by atoms with van der Waals surface area (Å²) in [6, 6.07) is 21.0. The van der Waals surface area contributed by atoms with Crippen molar-refractivity contribution in [1.82, 2.24) is 0 Å². The summed E-state index contributed by atoms with van der Waals surface area (Å²) in [5.41, 5.74) is 3.83. The SMILES string of the molecule is COc1ccc(-c2ccccc2C)c2ccccc12. The zero-order chi connectivity index (χ0) is 13.2. The maximum atomic E-state index is 5.45. The highest BCUT2D eigenvalue weighted by Gasteiger charge is 2.08. The molecule has 0 saturated carbocycles. The number of fused-ring (bicyclic) bond motifs is 1. The summed E-state index contributed by atoms with van der Waals surface area (Å²) in [5.74, 6) is 0.924. The highest BCUT2D eigenvalue weighted by molar-refractivity contribution is 6.00. The van der Waals surface area contributed by atoms with Gasteiger partial charge in [0.1, 0.15) is 5.75 Å². The van der Waals surface area contributed by atoms with E-state index in [0.29, 0.717) is 0 Å². The molecule has 0 amide bonds. The van der Waals surface area contributed by atoms with Gasteiger partial charge in [-0.1, -0.05) is 54.6 Å². The Hall–Kier alpha value is -2.28. The van der Waals surface area contributed by atoms with Crippen LogP contribution in [0.25, 0.3) is 21.9 Å². The molecule has 0 heterocycles. The van der Waals surface area contributed by atoms with E-state index in [4.69, 9.17) is 4.74 Å². The van der Waals surface area contributed by atoms with Crippen molar-refractivity contribution < 1.29 is 4.74 Å². The smallest absolute Gasteiger partial charge is 0.126 e. The van der Waals surface area contributed by atoms with Crippen LogP contribution in [0.4, 0.5) is 0 Å². The van der Waals surface area contributed by atoms with E-state index in [-0.39, 0.29) is 0 Å². The Morgan fingerprint density at radius 1 is 0.684 bits per heavy atom. The second kappa shape index (κ2) is 4.77. The fourth-order valence-corrected chi connectivity index (χ4v) is 2.56. The summed E-state index contributed by atoms with van der Waals surface area (Å²) >= 11 is 0. The number of hydrogen-bond acceptors (Lipinski definition) is 1. The minimum absolute atomic E-state index is 0.924. The zero-order valence-corrected chi connectivity index (χ0v) is 11.2. The van der Waals surface area contributed by atoms with Crippen LogP contribution in [0.3, 0.4) is 0 Å². The lowest BCUT2D eigenvalue weighted by Gasteiger charge is -2.12. The van der Waals surface area contributed by atoms with Gasteiger partial charge in [0, 0.05) is 5.39 Å². The van der Waals surface area contributed by atoms with E-state index in [1.165, 1.54) is 22.1 Å². The van der Waals surface area contributed by atoms with E-state index in [1.54, 1.807) is 7.11 Å². The van der Waals surface area contributed by atoms with Crippen molar-refractivity contribution >= 4 is 10.8 Å². The van der Waals surface area contributed by atoms with Gasteiger partial charge in [-0.3, -0.25) is 0 Å². The third-order valence-electron chi connectivity index (χ3n) is 3.54. The Bertz CT molecular complexity index is 729. The lowest BCUT2D eigenvalue weighted by atomic mass is 9.95. The van der Waals surface area contributed by atoms with E-state index in [9.17, 15) is 0 Å². The maximum absolute atomic E-state index is 5.45. The summed E-state index contributed by atoms with van der Waals surface area (Å²) in [4.78, 5) is 0. The molecule has 3 rings (SSSR count). The van der Waals surface area contributed by atoms with Gasteiger partial charge in [0.15, 0.2) is 0 Å². The average molecular weight is 248 g/mol. The van der Waals surface area contributed by atoms with Gasteiger partial charge < -0.3 is 4.74 Å². The molecule has 0 fully saturated rings. The van der Waals surface area contributed by atoms with Gasteiger partial charge >= 0.3 is 0 Å². The maximum Gasteiger partial charge on any atom is 0.126 e. The molecule has 0 aliphatic rings. The van der Waals surface area contributed by atoms with E-state index in [1.807, 2.05) is 12.1 Å². The second-order valence-corrected chi connectivity index (χ2v) is 4.68. The molecule has 0 aliphatic heterocycles. The Morgan fingerprint density at radius 3 is 2.11 bits per heavy atom. The minimum atomic E-state index is 0.924. The van der Waals surface area contributed by atoms with Crippen molar-refractivity contribution in [1.29, 1.82) is 0 Å². The van der Waals surface area contributed by atoms with Crippen LogP contribution in [0.2, 0.25) is 0 Å². The molecule has 0 spiro atoms. The van der Waals surface area contributed by atoms with E-state index >= 15 is 0 Å². The van der Waals surface area contributed by atoms with Gasteiger partial charge in [0.05, 0.1) is 7.11 Å². The van der Waals surface area contributed by atoms with Crippen LogP contribution in [0, 0.1) is 6.92 Å². The van der Waals surface area contributed by atoms with Crippen LogP contribution in [0.1, 0.15) is 5.56 Å². The first kappa shape index (κ1) is 11.8. The molecule has 0 saturated heterocycles. The molecule has 19 heavy (non-hydrogen) atoms. The monoisotopic (exact) mass is 248 g/mol. The van der Waals surface area contributed by atoms with Crippen LogP contribution < -0.4 is 4.74 Å². The number of rotatable bonds is 2. The number of benzene rings is 3. The fraction of sp³-hybridized carbons (Fsp3) is 0.111. The van der Waals surface area contributed by atoms with Crippen LogP contribution in [-0.2, 0) is 0 Å². The van der Waals surface area contributed by atoms with Crippen molar-refractivity contribution in [2.75, 3.05) is 7.11 Å². The van der Waals surface area contributed by atoms with Crippen LogP contribution in [0.5, 0.6) is 5.75 Å². The first-order chi connectivity index (χ1) is 9.31. The van der Waals surface area contributed by atoms with Gasteiger partial charge in [-0.05, 0) is 35.1 Å². The average Bonchev–Trinajstić information content (AvgIpc) is 2.47. The molecule has 0 radical (unpaired) electrons. The Balaban J connectivity index is 2.35. The molecule has 3 aromatic rings. The highest BCUT2D eigenvalue weighted by atomic mass is 16.5. The predicted octanol–water partition coefficient (Wildman–Crippen LogP) is 4.82. The van der Waals surface area contributed by atoms with Gasteiger partial charge in [-0.15, -0.1) is 0 Å². The van der Waals surface area contributed by atoms with Gasteiger partial charge in [-0.2, -0.15) is 0 Å². The molecule has 0 N–H and O–H groups in total. The molecule has 0 atom stereocenters. The lowest BCUT2D eigenvalue weighted by molar-refractivity contribution is 0.420. The van der Waals surface area contributed by atoms with E-state index in [0.717, 1.165) is 11.1 Å². The van der Waals surface area contributed by atoms with Crippen molar-refractivity contribution in [3.05, 3.63) is 66.2 Å². The first-order valence-electron chi connectivity index (χ1n) is 6.43. The zero-order valence-electron chi connectivity index (χ0n) is 11.2. The molecule has 0 aliphatic carbocycles. The highest BCUT2D eigenvalue weighted by Crippen LogP contribution is 2.35. The molecule has 1 heteroatoms. The van der Waals surface area contributed by atoms with Crippen molar-refractivity contribution in [2.24, 2.45) is 0 Å². The predicted molar refractivity (Wildman–Crippen MR) is 80.7 cm³/mol. The van der Waals surface area contributed by atoms with Crippen molar-refractivity contribution in [2.45, 2.75) is 6.92 Å². The summed E-state index contributed by atoms with van der Waals surface area (Å²) in [6.45, 7) is 2.15. The van der Waals surface area contributed by atoms with Crippen LogP contribution >= 0.6 is 0 Å². The van der Waals surface area contributed by atoms with Crippen molar-refractivity contribution in [3.63, 3.8) is 0 Å². The van der Waals surface area contributed by atoms with Gasteiger partial charge in [0.2, 0.25) is 0 Å². The Labute approximate surface area is 113 Å². The van der Waals surface area contributed by atoms with E-state index in [2.05, 4.69) is 55.5 Å². The molecule has 3 aromatic carbocycles. The Kier molecular flexibility index (Phi) is 2.96. The second-order valence-electron chi connectivity index (χ2n) is 4.68. The van der Waals surface area contributed by atoms with E-state index < -0.39 is 0 Å². The van der Waals surface area contributed by atoms with Crippen molar-refractivity contribution in [3.8, 4) is 16.9 Å². The first-order valence-corrected chi connectivity index (χ1v) is 6.43. The summed E-state index contributed by atoms with van der Waals surface area (Å²) < 4.78 is 5.45. The number of ether oxygens (including phenoxy) is 1. The number of methoxy groups -OCH3 is 1. The third-order valence-corrected chi connectivity index (χ3v) is 3.54. The summed E-state index contributed by atoms with van der Waals surface area (Å²) in [5, 5.41) is 2.39. The van der Waals surface area contributed by atoms with Crippen LogP contribution in [0.15, 0.2) is 60.7 Å². The molecule has 0 aromatic heterocycles. The molecule has 94 valence electrons. The standard InChI is InChI=1S/C18H16O/c1-13-7-3-4-8-14(13)16-11-12-18(19-2)17-10-6-5-9-15(16)17/h3-12H,1-2H3. The summed E-state index contributed by atoms with van der Waals surface area (Å²) in [6.07, 6.45) is 0. The fourth-order valence-electron chi connectivity index (χ4n) is 2.56. The molecular formula is C18H16O. The number of aryl methyl sites for hydroxylation is 1. The van der Waals surface area contributed by atoms with Gasteiger partial charge in [-0.25, -0.2) is 0 Å². The molecule has 1 nitrogen and oxygen atoms in total. The van der Waals surface area contributed by atoms with Gasteiger partial charge in [0.25, 0.3) is 0 Å². The minimum Gasteiger partial charge on any atom is -0.496 e. The Morgan fingerprint density at radius 2 is 1.37 bits per heavy atom. The largest absolute Gasteiger partial charge is 0.496 e. The normalized spacial score (nSPS) is 10.6. The summed E-state index contributed by atoms with van der Waals surface area (Å²) in [7, 11) is 1.72. The molecule has 0 unspecified atom stereocenters. The third kappa shape index (κ3) is 1.97.